The van der Waals surface area contributed by atoms with Crippen LogP contribution in [0, 0.1) is 0 Å². The lowest BCUT2D eigenvalue weighted by molar-refractivity contribution is -0.166. The van der Waals surface area contributed by atoms with E-state index in [0.717, 1.165) is 70.6 Å². The number of allylic oxidation sites excluding steroid dienone is 12. The predicted molar refractivity (Wildman–Crippen MR) is 274 cm³/mol. The van der Waals surface area contributed by atoms with Crippen molar-refractivity contribution in [1.82, 2.24) is 0 Å². The average Bonchev–Trinajstić information content (AvgIpc) is 3.29. The van der Waals surface area contributed by atoms with Crippen LogP contribution in [0.25, 0.3) is 0 Å². The first-order chi connectivity index (χ1) is 31.5. The molecule has 0 N–H and O–H groups in total. The first-order valence-electron chi connectivity index (χ1n) is 26.9. The number of ether oxygens (including phenoxy) is 3. The Balaban J connectivity index is 4.41. The maximum Gasteiger partial charge on any atom is 0.306 e. The highest BCUT2D eigenvalue weighted by Gasteiger charge is 2.19. The quantitative estimate of drug-likeness (QED) is 0.0262. The molecule has 0 amide bonds. The fraction of sp³-hybridized carbons (Fsp3) is 0.741. The van der Waals surface area contributed by atoms with E-state index in [2.05, 4.69) is 87.6 Å². The Hall–Kier alpha value is -3.15. The van der Waals surface area contributed by atoms with Gasteiger partial charge in [0.2, 0.25) is 0 Å². The van der Waals surface area contributed by atoms with Gasteiger partial charge in [-0.15, -0.1) is 0 Å². The molecule has 64 heavy (non-hydrogen) atoms. The van der Waals surface area contributed by atoms with Gasteiger partial charge in [0.05, 0.1) is 0 Å². The van der Waals surface area contributed by atoms with Gasteiger partial charge in [0.1, 0.15) is 13.2 Å². The fourth-order valence-electron chi connectivity index (χ4n) is 7.43. The summed E-state index contributed by atoms with van der Waals surface area (Å²) in [6.07, 6.45) is 66.1. The van der Waals surface area contributed by atoms with Gasteiger partial charge in [-0.3, -0.25) is 14.4 Å². The van der Waals surface area contributed by atoms with Crippen molar-refractivity contribution in [3.63, 3.8) is 0 Å². The molecule has 6 nitrogen and oxygen atoms in total. The van der Waals surface area contributed by atoms with Gasteiger partial charge >= 0.3 is 17.9 Å². The monoisotopic (exact) mass is 893 g/mol. The first-order valence-corrected chi connectivity index (χ1v) is 26.9. The third-order valence-electron chi connectivity index (χ3n) is 11.5. The average molecular weight is 893 g/mol. The number of hydrogen-bond donors (Lipinski definition) is 0. The van der Waals surface area contributed by atoms with Crippen molar-refractivity contribution in [2.75, 3.05) is 13.2 Å². The van der Waals surface area contributed by atoms with Crippen LogP contribution in [-0.4, -0.2) is 37.2 Å². The first kappa shape index (κ1) is 60.9. The molecule has 0 aliphatic rings. The zero-order valence-electron chi connectivity index (χ0n) is 42.0. The molecule has 1 unspecified atom stereocenters. The van der Waals surface area contributed by atoms with E-state index in [4.69, 9.17) is 14.2 Å². The van der Waals surface area contributed by atoms with Gasteiger partial charge in [0.25, 0.3) is 0 Å². The summed E-state index contributed by atoms with van der Waals surface area (Å²) in [4.78, 5) is 38.0. The third-order valence-corrected chi connectivity index (χ3v) is 11.5. The molecular formula is C58H100O6. The van der Waals surface area contributed by atoms with E-state index >= 15 is 0 Å². The number of esters is 3. The molecule has 0 fully saturated rings. The Morgan fingerprint density at radius 3 is 1.08 bits per heavy atom. The lowest BCUT2D eigenvalue weighted by Crippen LogP contribution is -2.30. The Kier molecular flexibility index (Phi) is 49.9. The molecule has 0 saturated heterocycles. The molecule has 0 rings (SSSR count). The Bertz CT molecular complexity index is 1210. The highest BCUT2D eigenvalue weighted by Crippen LogP contribution is 2.15. The topological polar surface area (TPSA) is 78.9 Å². The summed E-state index contributed by atoms with van der Waals surface area (Å²) in [6, 6.07) is 0. The third kappa shape index (κ3) is 49.9. The molecular weight excluding hydrogens is 793 g/mol. The molecule has 1 atom stereocenters. The smallest absolute Gasteiger partial charge is 0.306 e. The van der Waals surface area contributed by atoms with Crippen molar-refractivity contribution in [3.8, 4) is 0 Å². The molecule has 0 aliphatic heterocycles. The van der Waals surface area contributed by atoms with Gasteiger partial charge < -0.3 is 14.2 Å². The Morgan fingerprint density at radius 2 is 0.641 bits per heavy atom. The van der Waals surface area contributed by atoms with Gasteiger partial charge in [-0.05, 0) is 77.0 Å². The van der Waals surface area contributed by atoms with Gasteiger partial charge in [0, 0.05) is 19.3 Å². The van der Waals surface area contributed by atoms with E-state index < -0.39 is 6.10 Å². The second-order valence-electron chi connectivity index (χ2n) is 17.8. The normalized spacial score (nSPS) is 12.6. The van der Waals surface area contributed by atoms with Crippen molar-refractivity contribution in [2.24, 2.45) is 0 Å². The molecule has 0 bridgehead atoms. The standard InChI is InChI=1S/C58H100O6/c1-4-7-10-13-16-19-22-25-27-28-29-30-31-34-36-39-42-45-48-51-57(60)63-54-55(53-62-56(59)50-47-44-41-38-35-32-24-21-18-15-12-9-6-3)64-58(61)52-49-46-43-40-37-33-26-23-20-17-14-11-8-5-2/h9,12,16,18-19,21,25,27,32,35,41,44,55H,4-8,10-11,13-15,17,20,22-24,26,28-31,33-34,36-40,42-43,45-54H2,1-3H3/b12-9-,19-16-,21-18-,27-25-,35-32-,44-41-. The summed E-state index contributed by atoms with van der Waals surface area (Å²) >= 11 is 0. The predicted octanol–water partition coefficient (Wildman–Crippen LogP) is 17.8. The zero-order valence-corrected chi connectivity index (χ0v) is 42.0. The number of carbonyl (C=O) groups is 3. The van der Waals surface area contributed by atoms with Gasteiger partial charge in [0.15, 0.2) is 6.10 Å². The molecule has 368 valence electrons. The molecule has 0 spiro atoms. The van der Waals surface area contributed by atoms with E-state index in [1.165, 1.54) is 141 Å². The number of hydrogen-bond acceptors (Lipinski definition) is 6. The van der Waals surface area contributed by atoms with E-state index in [1.807, 2.05) is 6.08 Å². The lowest BCUT2D eigenvalue weighted by Gasteiger charge is -2.18. The highest BCUT2D eigenvalue weighted by atomic mass is 16.6. The van der Waals surface area contributed by atoms with Crippen LogP contribution in [0.15, 0.2) is 72.9 Å². The van der Waals surface area contributed by atoms with E-state index in [1.54, 1.807) is 0 Å². The van der Waals surface area contributed by atoms with Crippen molar-refractivity contribution in [1.29, 1.82) is 0 Å². The van der Waals surface area contributed by atoms with Crippen LogP contribution in [0.5, 0.6) is 0 Å². The highest BCUT2D eigenvalue weighted by molar-refractivity contribution is 5.71. The minimum absolute atomic E-state index is 0.0978. The van der Waals surface area contributed by atoms with Crippen LogP contribution in [0.3, 0.4) is 0 Å². The molecule has 0 heterocycles. The SMILES string of the molecule is CC/C=C\C/C=C\C/C=C\C/C=C\CCC(=O)OCC(COC(=O)CCCCCCCCCCC/C=C\C/C=C\CCCCC)OC(=O)CCCCCCCCCCCCCCCC. The Morgan fingerprint density at radius 1 is 0.328 bits per heavy atom. The Labute approximate surface area is 395 Å². The van der Waals surface area contributed by atoms with E-state index in [0.29, 0.717) is 19.3 Å². The van der Waals surface area contributed by atoms with Crippen LogP contribution in [-0.2, 0) is 28.6 Å². The van der Waals surface area contributed by atoms with Crippen LogP contribution >= 0.6 is 0 Å². The maximum atomic E-state index is 12.8. The molecule has 6 heteroatoms. The van der Waals surface area contributed by atoms with Crippen molar-refractivity contribution >= 4 is 17.9 Å². The fourth-order valence-corrected chi connectivity index (χ4v) is 7.43. The summed E-state index contributed by atoms with van der Waals surface area (Å²) in [5.41, 5.74) is 0. The molecule has 0 aromatic rings. The number of unbranched alkanes of at least 4 members (excludes halogenated alkanes) is 25. The van der Waals surface area contributed by atoms with E-state index in [-0.39, 0.29) is 37.5 Å². The summed E-state index contributed by atoms with van der Waals surface area (Å²) in [5.74, 6) is -0.981. The van der Waals surface area contributed by atoms with Crippen LogP contribution in [0.1, 0.15) is 258 Å². The summed E-state index contributed by atoms with van der Waals surface area (Å²) in [7, 11) is 0. The van der Waals surface area contributed by atoms with Gasteiger partial charge in [-0.2, -0.15) is 0 Å². The minimum atomic E-state index is -0.803. The van der Waals surface area contributed by atoms with Crippen LogP contribution in [0.4, 0.5) is 0 Å². The molecule has 0 saturated carbocycles. The number of rotatable bonds is 48. The number of carbonyl (C=O) groups excluding carboxylic acids is 3. The van der Waals surface area contributed by atoms with E-state index in [9.17, 15) is 14.4 Å². The van der Waals surface area contributed by atoms with Gasteiger partial charge in [-0.25, -0.2) is 0 Å². The second-order valence-corrected chi connectivity index (χ2v) is 17.8. The summed E-state index contributed by atoms with van der Waals surface area (Å²) in [5, 5.41) is 0. The van der Waals surface area contributed by atoms with Crippen molar-refractivity contribution in [3.05, 3.63) is 72.9 Å². The zero-order chi connectivity index (χ0) is 46.5. The summed E-state index contributed by atoms with van der Waals surface area (Å²) < 4.78 is 16.7. The molecule has 0 aliphatic carbocycles. The minimum Gasteiger partial charge on any atom is -0.462 e. The lowest BCUT2D eigenvalue weighted by atomic mass is 10.0. The molecule has 0 radical (unpaired) electrons. The molecule has 0 aromatic carbocycles. The largest absolute Gasteiger partial charge is 0.462 e. The maximum absolute atomic E-state index is 12.8. The van der Waals surface area contributed by atoms with Crippen LogP contribution in [0.2, 0.25) is 0 Å². The van der Waals surface area contributed by atoms with Crippen molar-refractivity contribution in [2.45, 2.75) is 264 Å². The second kappa shape index (κ2) is 52.5. The summed E-state index contributed by atoms with van der Waals surface area (Å²) in [6.45, 7) is 6.44. The van der Waals surface area contributed by atoms with Crippen LogP contribution < -0.4 is 0 Å². The van der Waals surface area contributed by atoms with Crippen molar-refractivity contribution < 1.29 is 28.6 Å². The van der Waals surface area contributed by atoms with Gasteiger partial charge in [-0.1, -0.05) is 235 Å². The molecule has 0 aromatic heterocycles.